The molecule has 0 saturated carbocycles. The minimum absolute atomic E-state index is 0.256. The van der Waals surface area contributed by atoms with Crippen LogP contribution in [-0.4, -0.2) is 47.4 Å². The van der Waals surface area contributed by atoms with Crippen LogP contribution in [0.5, 0.6) is 0 Å². The molecule has 2 atom stereocenters. The third-order valence-electron chi connectivity index (χ3n) is 5.94. The largest absolute Gasteiger partial charge is 0.447 e. The highest BCUT2D eigenvalue weighted by Crippen LogP contribution is 2.35. The Bertz CT molecular complexity index is 953. The zero-order valence-electron chi connectivity index (χ0n) is 18.4. The minimum Gasteiger partial charge on any atom is -0.447 e. The Morgan fingerprint density at radius 1 is 1.16 bits per heavy atom. The molecule has 2 fully saturated rings. The standard InChI is InChI=1S/C25H30N2O4/c1-24(2,3)31-23(29)27-14-8-13-25(17-30-22(28)26-25)21(27)16-18-9-7-12-20(15-18)19-10-5-4-6-11-19/h4-7,9-12,15,21H,8,13-14,16-17H2,1-3H3,(H,26,28)/t21-,25+/m0/s1. The first-order valence-electron chi connectivity index (χ1n) is 10.8. The van der Waals surface area contributed by atoms with Gasteiger partial charge in [0.05, 0.1) is 11.6 Å². The molecular weight excluding hydrogens is 392 g/mol. The minimum atomic E-state index is -0.602. The number of cyclic esters (lactones) is 1. The lowest BCUT2D eigenvalue weighted by Crippen LogP contribution is -2.65. The van der Waals surface area contributed by atoms with Crippen LogP contribution in [0.4, 0.5) is 9.59 Å². The number of carbonyl (C=O) groups excluding carboxylic acids is 2. The molecule has 2 aliphatic heterocycles. The van der Waals surface area contributed by atoms with Gasteiger partial charge < -0.3 is 19.7 Å². The molecule has 0 radical (unpaired) electrons. The lowest BCUT2D eigenvalue weighted by Gasteiger charge is -2.46. The molecule has 4 rings (SSSR count). The van der Waals surface area contributed by atoms with E-state index in [1.807, 2.05) is 45.0 Å². The van der Waals surface area contributed by atoms with E-state index in [2.05, 4.69) is 35.6 Å². The van der Waals surface area contributed by atoms with Crippen molar-refractivity contribution in [2.45, 2.75) is 57.2 Å². The van der Waals surface area contributed by atoms with Gasteiger partial charge in [0.1, 0.15) is 12.2 Å². The molecule has 2 amide bonds. The maximum Gasteiger partial charge on any atom is 0.410 e. The first kappa shape index (κ1) is 21.2. The predicted molar refractivity (Wildman–Crippen MR) is 119 cm³/mol. The highest BCUT2D eigenvalue weighted by molar-refractivity contribution is 5.73. The predicted octanol–water partition coefficient (Wildman–Crippen LogP) is 4.77. The van der Waals surface area contributed by atoms with E-state index in [0.29, 0.717) is 13.0 Å². The summed E-state index contributed by atoms with van der Waals surface area (Å²) in [5.74, 6) is 0. The number of benzene rings is 2. The van der Waals surface area contributed by atoms with Crippen LogP contribution in [0.3, 0.4) is 0 Å². The van der Waals surface area contributed by atoms with Gasteiger partial charge in [0, 0.05) is 6.54 Å². The van der Waals surface area contributed by atoms with Gasteiger partial charge in [0.15, 0.2) is 0 Å². The van der Waals surface area contributed by atoms with Crippen molar-refractivity contribution in [1.82, 2.24) is 10.2 Å². The van der Waals surface area contributed by atoms with E-state index in [-0.39, 0.29) is 18.7 Å². The molecule has 0 aliphatic carbocycles. The molecule has 31 heavy (non-hydrogen) atoms. The summed E-state index contributed by atoms with van der Waals surface area (Å²) in [5, 5.41) is 3.02. The summed E-state index contributed by atoms with van der Waals surface area (Å²) in [7, 11) is 0. The Kier molecular flexibility index (Phi) is 5.65. The number of carbonyl (C=O) groups is 2. The summed E-state index contributed by atoms with van der Waals surface area (Å²) in [6.45, 7) is 6.44. The van der Waals surface area contributed by atoms with Crippen LogP contribution < -0.4 is 5.32 Å². The summed E-state index contributed by atoms with van der Waals surface area (Å²) in [6, 6.07) is 18.3. The van der Waals surface area contributed by atoms with Crippen molar-refractivity contribution in [3.8, 4) is 11.1 Å². The van der Waals surface area contributed by atoms with E-state index in [1.54, 1.807) is 4.90 Å². The lowest BCUT2D eigenvalue weighted by atomic mass is 9.79. The molecule has 2 aromatic rings. The average Bonchev–Trinajstić information content (AvgIpc) is 3.10. The second kappa shape index (κ2) is 8.25. The number of nitrogens with zero attached hydrogens (tertiary/aromatic N) is 1. The number of alkyl carbamates (subject to hydrolysis) is 1. The van der Waals surface area contributed by atoms with Crippen molar-refractivity contribution in [2.75, 3.05) is 13.2 Å². The van der Waals surface area contributed by atoms with Crippen LogP contribution in [0.1, 0.15) is 39.2 Å². The van der Waals surface area contributed by atoms with Gasteiger partial charge in [-0.3, -0.25) is 0 Å². The topological polar surface area (TPSA) is 67.9 Å². The number of rotatable bonds is 3. The summed E-state index contributed by atoms with van der Waals surface area (Å²) in [4.78, 5) is 26.8. The second-order valence-electron chi connectivity index (χ2n) is 9.42. The number of ether oxygens (including phenoxy) is 2. The lowest BCUT2D eigenvalue weighted by molar-refractivity contribution is -0.00953. The summed E-state index contributed by atoms with van der Waals surface area (Å²) in [6.07, 6.45) is 1.37. The number of nitrogens with one attached hydrogen (secondary N) is 1. The van der Waals surface area contributed by atoms with Crippen molar-refractivity contribution in [1.29, 1.82) is 0 Å². The Labute approximate surface area is 183 Å². The second-order valence-corrected chi connectivity index (χ2v) is 9.42. The van der Waals surface area contributed by atoms with Crippen LogP contribution in [0.15, 0.2) is 54.6 Å². The Hall–Kier alpha value is -3.02. The van der Waals surface area contributed by atoms with Gasteiger partial charge in [-0.05, 0) is 56.7 Å². The molecule has 2 heterocycles. The molecule has 6 nitrogen and oxygen atoms in total. The molecule has 164 valence electrons. The first-order chi connectivity index (χ1) is 14.8. The fourth-order valence-corrected chi connectivity index (χ4v) is 4.55. The molecule has 0 unspecified atom stereocenters. The van der Waals surface area contributed by atoms with E-state index >= 15 is 0 Å². The zero-order chi connectivity index (χ0) is 22.1. The molecular formula is C25H30N2O4. The van der Waals surface area contributed by atoms with Crippen molar-refractivity contribution >= 4 is 12.2 Å². The maximum absolute atomic E-state index is 13.1. The fourth-order valence-electron chi connectivity index (χ4n) is 4.55. The van der Waals surface area contributed by atoms with Gasteiger partial charge in [-0.2, -0.15) is 0 Å². The molecule has 6 heteroatoms. The van der Waals surface area contributed by atoms with Gasteiger partial charge in [0.25, 0.3) is 0 Å². The molecule has 0 bridgehead atoms. The summed E-state index contributed by atoms with van der Waals surface area (Å²) in [5.41, 5.74) is 2.18. The molecule has 2 saturated heterocycles. The summed E-state index contributed by atoms with van der Waals surface area (Å²) >= 11 is 0. The van der Waals surface area contributed by atoms with Crippen molar-refractivity contribution in [3.05, 3.63) is 60.2 Å². The summed E-state index contributed by atoms with van der Waals surface area (Å²) < 4.78 is 11.0. The Morgan fingerprint density at radius 2 is 1.90 bits per heavy atom. The highest BCUT2D eigenvalue weighted by Gasteiger charge is 2.52. The van der Waals surface area contributed by atoms with Crippen LogP contribution in [0, 0.1) is 0 Å². The average molecular weight is 423 g/mol. The number of hydrogen-bond donors (Lipinski definition) is 1. The molecule has 2 aromatic carbocycles. The highest BCUT2D eigenvalue weighted by atomic mass is 16.6. The van der Waals surface area contributed by atoms with Crippen LogP contribution in [0.2, 0.25) is 0 Å². The number of hydrogen-bond acceptors (Lipinski definition) is 4. The van der Waals surface area contributed by atoms with Crippen LogP contribution >= 0.6 is 0 Å². The van der Waals surface area contributed by atoms with E-state index in [1.165, 1.54) is 0 Å². The Balaban J connectivity index is 1.65. The van der Waals surface area contributed by atoms with Crippen molar-refractivity contribution < 1.29 is 19.1 Å². The van der Waals surface area contributed by atoms with Crippen LogP contribution in [-0.2, 0) is 15.9 Å². The monoisotopic (exact) mass is 422 g/mol. The number of piperidine rings is 1. The van der Waals surface area contributed by atoms with E-state index in [4.69, 9.17) is 9.47 Å². The van der Waals surface area contributed by atoms with Crippen molar-refractivity contribution in [2.24, 2.45) is 0 Å². The van der Waals surface area contributed by atoms with Crippen LogP contribution in [0.25, 0.3) is 11.1 Å². The van der Waals surface area contributed by atoms with Gasteiger partial charge in [-0.15, -0.1) is 0 Å². The quantitative estimate of drug-likeness (QED) is 0.773. The number of amides is 2. The molecule has 1 N–H and O–H groups in total. The SMILES string of the molecule is CC(C)(C)OC(=O)N1CCC[C@@]2(COC(=O)N2)[C@@H]1Cc1cccc(-c2ccccc2)c1. The maximum atomic E-state index is 13.1. The third-order valence-corrected chi connectivity index (χ3v) is 5.94. The number of likely N-dealkylation sites (tertiary alicyclic amines) is 1. The zero-order valence-corrected chi connectivity index (χ0v) is 18.4. The smallest absolute Gasteiger partial charge is 0.410 e. The van der Waals surface area contributed by atoms with E-state index in [9.17, 15) is 9.59 Å². The van der Waals surface area contributed by atoms with Gasteiger partial charge >= 0.3 is 12.2 Å². The third kappa shape index (κ3) is 4.68. The van der Waals surface area contributed by atoms with Gasteiger partial charge in [0.2, 0.25) is 0 Å². The van der Waals surface area contributed by atoms with E-state index < -0.39 is 17.2 Å². The molecule has 0 aromatic heterocycles. The first-order valence-corrected chi connectivity index (χ1v) is 10.8. The van der Waals surface area contributed by atoms with E-state index in [0.717, 1.165) is 29.5 Å². The van der Waals surface area contributed by atoms with Crippen molar-refractivity contribution in [3.63, 3.8) is 0 Å². The van der Waals surface area contributed by atoms with Gasteiger partial charge in [-0.25, -0.2) is 9.59 Å². The molecule has 1 spiro atoms. The fraction of sp³-hybridized carbons (Fsp3) is 0.440. The normalized spacial score (nSPS) is 23.4. The van der Waals surface area contributed by atoms with Gasteiger partial charge in [-0.1, -0.05) is 54.6 Å². The Morgan fingerprint density at radius 3 is 2.58 bits per heavy atom. The molecule has 2 aliphatic rings.